The van der Waals surface area contributed by atoms with Crippen LogP contribution >= 0.6 is 0 Å². The Labute approximate surface area is 127 Å². The highest BCUT2D eigenvalue weighted by molar-refractivity contribution is 7.91. The van der Waals surface area contributed by atoms with Crippen LogP contribution in [0, 0.1) is 0 Å². The van der Waals surface area contributed by atoms with Gasteiger partial charge in [-0.15, -0.1) is 0 Å². The van der Waals surface area contributed by atoms with E-state index < -0.39 is 9.84 Å². The van der Waals surface area contributed by atoms with Crippen molar-refractivity contribution >= 4 is 15.7 Å². The lowest BCUT2D eigenvalue weighted by Gasteiger charge is -2.19. The number of hydrogen-bond donors (Lipinski definition) is 0. The number of benzene rings is 1. The zero-order valence-corrected chi connectivity index (χ0v) is 12.8. The summed E-state index contributed by atoms with van der Waals surface area (Å²) in [5.41, 5.74) is 0.571. The van der Waals surface area contributed by atoms with Crippen LogP contribution in [0.5, 0.6) is 0 Å². The van der Waals surface area contributed by atoms with Crippen molar-refractivity contribution < 1.29 is 13.2 Å². The van der Waals surface area contributed by atoms with Crippen LogP contribution in [0.3, 0.4) is 0 Å². The van der Waals surface area contributed by atoms with E-state index in [9.17, 15) is 13.2 Å². The lowest BCUT2D eigenvalue weighted by atomic mass is 10.2. The highest BCUT2D eigenvalue weighted by Crippen LogP contribution is 2.21. The lowest BCUT2D eigenvalue weighted by molar-refractivity contribution is -0.127. The number of aromatic nitrogens is 4. The van der Waals surface area contributed by atoms with Gasteiger partial charge in [-0.3, -0.25) is 4.79 Å². The van der Waals surface area contributed by atoms with Crippen LogP contribution in [0.4, 0.5) is 0 Å². The Bertz CT molecular complexity index is 787. The van der Waals surface area contributed by atoms with Gasteiger partial charge in [0.25, 0.3) is 5.16 Å². The van der Waals surface area contributed by atoms with Crippen LogP contribution in [0.25, 0.3) is 5.69 Å². The summed E-state index contributed by atoms with van der Waals surface area (Å²) < 4.78 is 26.4. The van der Waals surface area contributed by atoms with Gasteiger partial charge in [0.1, 0.15) is 0 Å². The van der Waals surface area contributed by atoms with Crippen LogP contribution in [-0.4, -0.2) is 58.3 Å². The Hall–Kier alpha value is -2.29. The second-order valence-electron chi connectivity index (χ2n) is 5.19. The third-order valence-corrected chi connectivity index (χ3v) is 5.40. The number of likely N-dealkylation sites (tertiary alicyclic amines) is 1. The van der Waals surface area contributed by atoms with E-state index in [0.717, 1.165) is 0 Å². The molecule has 1 fully saturated rings. The van der Waals surface area contributed by atoms with E-state index in [2.05, 4.69) is 15.5 Å². The SMILES string of the molecule is CN1C(=O)CC[C@@H]1CS(=O)(=O)c1nnnn1-c1ccccc1. The van der Waals surface area contributed by atoms with Crippen molar-refractivity contribution in [3.05, 3.63) is 30.3 Å². The predicted molar refractivity (Wildman–Crippen MR) is 77.0 cm³/mol. The fourth-order valence-corrected chi connectivity index (χ4v) is 4.10. The highest BCUT2D eigenvalue weighted by Gasteiger charge is 2.34. The molecule has 1 saturated heterocycles. The molecule has 0 bridgehead atoms. The molecule has 22 heavy (non-hydrogen) atoms. The second kappa shape index (κ2) is 5.48. The molecule has 0 spiro atoms. The normalized spacial score (nSPS) is 18.9. The van der Waals surface area contributed by atoms with Crippen molar-refractivity contribution in [2.75, 3.05) is 12.8 Å². The molecule has 1 atom stereocenters. The number of hydrogen-bond acceptors (Lipinski definition) is 6. The van der Waals surface area contributed by atoms with Crippen molar-refractivity contribution in [1.82, 2.24) is 25.1 Å². The Morgan fingerprint density at radius 1 is 1.27 bits per heavy atom. The first-order chi connectivity index (χ1) is 10.5. The molecule has 1 aliphatic heterocycles. The monoisotopic (exact) mass is 321 g/mol. The van der Waals surface area contributed by atoms with E-state index in [1.165, 1.54) is 9.58 Å². The van der Waals surface area contributed by atoms with Crippen LogP contribution in [0.2, 0.25) is 0 Å². The first kappa shape index (κ1) is 14.6. The van der Waals surface area contributed by atoms with Crippen molar-refractivity contribution in [2.24, 2.45) is 0 Å². The standard InChI is InChI=1S/C13H15N5O3S/c1-17-11(7-8-12(17)19)9-22(20,21)13-14-15-16-18(13)10-5-3-2-4-6-10/h2-6,11H,7-9H2,1H3/t11-/m1/s1. The maximum Gasteiger partial charge on any atom is 0.272 e. The van der Waals surface area contributed by atoms with Crippen LogP contribution in [-0.2, 0) is 14.6 Å². The van der Waals surface area contributed by atoms with Crippen LogP contribution in [0.1, 0.15) is 12.8 Å². The summed E-state index contributed by atoms with van der Waals surface area (Å²) in [5, 5.41) is 10.7. The molecule has 1 aromatic carbocycles. The molecule has 2 heterocycles. The van der Waals surface area contributed by atoms with Gasteiger partial charge in [0.05, 0.1) is 11.4 Å². The van der Waals surface area contributed by atoms with E-state index in [0.29, 0.717) is 18.5 Å². The average molecular weight is 321 g/mol. The Kier molecular flexibility index (Phi) is 3.65. The summed E-state index contributed by atoms with van der Waals surface area (Å²) in [4.78, 5) is 13.0. The van der Waals surface area contributed by atoms with Crippen LogP contribution < -0.4 is 0 Å². The maximum absolute atomic E-state index is 12.6. The van der Waals surface area contributed by atoms with E-state index in [-0.39, 0.29) is 22.9 Å². The number of para-hydroxylation sites is 1. The molecule has 0 N–H and O–H groups in total. The van der Waals surface area contributed by atoms with Crippen LogP contribution in [0.15, 0.2) is 35.5 Å². The molecule has 1 aliphatic rings. The van der Waals surface area contributed by atoms with Gasteiger partial charge in [0, 0.05) is 19.5 Å². The molecule has 3 rings (SSSR count). The summed E-state index contributed by atoms with van der Waals surface area (Å²) in [5.74, 6) is -0.217. The molecular formula is C13H15N5O3S. The number of sulfone groups is 1. The summed E-state index contributed by atoms with van der Waals surface area (Å²) in [7, 11) is -2.08. The number of carbonyl (C=O) groups excluding carboxylic acids is 1. The number of nitrogens with zero attached hydrogens (tertiary/aromatic N) is 5. The molecule has 0 aliphatic carbocycles. The third kappa shape index (κ3) is 2.59. The zero-order valence-electron chi connectivity index (χ0n) is 12.0. The van der Waals surface area contributed by atoms with E-state index in [1.54, 1.807) is 31.3 Å². The number of carbonyl (C=O) groups is 1. The quantitative estimate of drug-likeness (QED) is 0.789. The van der Waals surface area contributed by atoms with Gasteiger partial charge >= 0.3 is 0 Å². The molecule has 8 nitrogen and oxygen atoms in total. The summed E-state index contributed by atoms with van der Waals surface area (Å²) in [6.07, 6.45) is 0.905. The number of tetrazole rings is 1. The number of rotatable bonds is 4. The molecule has 2 aromatic rings. The molecule has 1 aromatic heterocycles. The topological polar surface area (TPSA) is 98.1 Å². The minimum absolute atomic E-state index is 0.0390. The predicted octanol–water partition coefficient (Wildman–Crippen LogP) is 0.0568. The molecule has 0 radical (unpaired) electrons. The highest BCUT2D eigenvalue weighted by atomic mass is 32.2. The molecular weight excluding hydrogens is 306 g/mol. The van der Waals surface area contributed by atoms with Gasteiger partial charge in [-0.05, 0) is 29.0 Å². The fraction of sp³-hybridized carbons (Fsp3) is 0.385. The van der Waals surface area contributed by atoms with Gasteiger partial charge in [0.2, 0.25) is 15.7 Å². The summed E-state index contributed by atoms with van der Waals surface area (Å²) in [6.45, 7) is 0. The Balaban J connectivity index is 1.91. The molecule has 9 heteroatoms. The van der Waals surface area contributed by atoms with Crippen molar-refractivity contribution in [3.63, 3.8) is 0 Å². The van der Waals surface area contributed by atoms with Gasteiger partial charge in [-0.1, -0.05) is 23.3 Å². The lowest BCUT2D eigenvalue weighted by Crippen LogP contribution is -2.35. The van der Waals surface area contributed by atoms with Crippen molar-refractivity contribution in [3.8, 4) is 5.69 Å². The van der Waals surface area contributed by atoms with Gasteiger partial charge in [-0.2, -0.15) is 4.68 Å². The molecule has 1 amide bonds. The summed E-state index contributed by atoms with van der Waals surface area (Å²) in [6, 6.07) is 8.48. The summed E-state index contributed by atoms with van der Waals surface area (Å²) >= 11 is 0. The number of amides is 1. The van der Waals surface area contributed by atoms with Gasteiger partial charge < -0.3 is 4.90 Å². The smallest absolute Gasteiger partial charge is 0.272 e. The average Bonchev–Trinajstić information content (AvgIpc) is 3.11. The van der Waals surface area contributed by atoms with E-state index in [4.69, 9.17) is 0 Å². The van der Waals surface area contributed by atoms with Gasteiger partial charge in [-0.25, -0.2) is 8.42 Å². The second-order valence-corrected chi connectivity index (χ2v) is 7.12. The maximum atomic E-state index is 12.6. The molecule has 0 unspecified atom stereocenters. The largest absolute Gasteiger partial charge is 0.342 e. The third-order valence-electron chi connectivity index (χ3n) is 3.76. The molecule has 0 saturated carbocycles. The van der Waals surface area contributed by atoms with E-state index >= 15 is 0 Å². The minimum Gasteiger partial charge on any atom is -0.342 e. The van der Waals surface area contributed by atoms with E-state index in [1.807, 2.05) is 6.07 Å². The minimum atomic E-state index is -3.70. The Morgan fingerprint density at radius 2 is 2.00 bits per heavy atom. The Morgan fingerprint density at radius 3 is 2.64 bits per heavy atom. The van der Waals surface area contributed by atoms with Crippen molar-refractivity contribution in [1.29, 1.82) is 0 Å². The zero-order chi connectivity index (χ0) is 15.7. The van der Waals surface area contributed by atoms with Crippen molar-refractivity contribution in [2.45, 2.75) is 24.0 Å². The first-order valence-electron chi connectivity index (χ1n) is 6.81. The first-order valence-corrected chi connectivity index (χ1v) is 8.46. The van der Waals surface area contributed by atoms with Gasteiger partial charge in [0.15, 0.2) is 0 Å². The molecule has 116 valence electrons. The fourth-order valence-electron chi connectivity index (χ4n) is 2.49.